The summed E-state index contributed by atoms with van der Waals surface area (Å²) in [5, 5.41) is 38.0. The second-order valence-corrected chi connectivity index (χ2v) is 5.36. The topological polar surface area (TPSA) is 112 Å². The molecule has 2 rings (SSSR count). The Balaban J connectivity index is 2.74. The summed E-state index contributed by atoms with van der Waals surface area (Å²) in [4.78, 5) is 13.1. The normalized spacial score (nSPS) is 11.4. The molecule has 2 aromatic carbocycles. The number of ketones is 1. The van der Waals surface area contributed by atoms with Gasteiger partial charge in [0.25, 0.3) is 0 Å². The maximum absolute atomic E-state index is 13.1. The zero-order valence-electron chi connectivity index (χ0n) is 13.1. The predicted octanol–water partition coefficient (Wildman–Crippen LogP) is 3.35. The van der Waals surface area contributed by atoms with Gasteiger partial charge in [-0.05, 0) is 5.56 Å². The van der Waals surface area contributed by atoms with Crippen molar-refractivity contribution < 1.29 is 4.79 Å². The minimum absolute atomic E-state index is 0.306. The van der Waals surface area contributed by atoms with E-state index in [4.69, 9.17) is 0 Å². The molecule has 118 valence electrons. The highest BCUT2D eigenvalue weighted by Gasteiger charge is 2.52. The summed E-state index contributed by atoms with van der Waals surface area (Å²) in [6, 6.07) is 23.5. The van der Waals surface area contributed by atoms with Crippen molar-refractivity contribution in [2.24, 2.45) is 11.3 Å². The lowest BCUT2D eigenvalue weighted by Gasteiger charge is -2.29. The lowest BCUT2D eigenvalue weighted by atomic mass is 9.64. The Morgan fingerprint density at radius 3 is 1.72 bits per heavy atom. The number of nitrogens with zero attached hydrogens (tertiary/aromatic N) is 4. The second kappa shape index (κ2) is 7.56. The fourth-order valence-electron chi connectivity index (χ4n) is 2.72. The molecule has 0 aromatic heterocycles. The average Bonchev–Trinajstić information content (AvgIpc) is 2.69. The van der Waals surface area contributed by atoms with E-state index in [1.54, 1.807) is 84.9 Å². The van der Waals surface area contributed by atoms with Crippen molar-refractivity contribution in [3.63, 3.8) is 0 Å². The molecule has 25 heavy (non-hydrogen) atoms. The van der Waals surface area contributed by atoms with Gasteiger partial charge in [0.05, 0.1) is 30.2 Å². The fourth-order valence-corrected chi connectivity index (χ4v) is 2.72. The molecule has 0 saturated carbocycles. The maximum Gasteiger partial charge on any atom is 0.186 e. The Morgan fingerprint density at radius 2 is 1.28 bits per heavy atom. The van der Waals surface area contributed by atoms with Gasteiger partial charge in [0.1, 0.15) is 0 Å². The highest BCUT2D eigenvalue weighted by molar-refractivity contribution is 6.02. The van der Waals surface area contributed by atoms with Crippen LogP contribution in [0.25, 0.3) is 0 Å². The van der Waals surface area contributed by atoms with Crippen LogP contribution in [0, 0.1) is 56.7 Å². The summed E-state index contributed by atoms with van der Waals surface area (Å²) in [6.07, 6.45) is 0. The van der Waals surface area contributed by atoms with E-state index >= 15 is 0 Å². The Hall–Kier alpha value is -3.93. The average molecular weight is 324 g/mol. The molecular weight excluding hydrogens is 312 g/mol. The highest BCUT2D eigenvalue weighted by atomic mass is 16.1. The Bertz CT molecular complexity index is 896. The van der Waals surface area contributed by atoms with E-state index in [-0.39, 0.29) is 0 Å². The van der Waals surface area contributed by atoms with E-state index in [1.165, 1.54) is 0 Å². The minimum Gasteiger partial charge on any atom is -0.293 e. The summed E-state index contributed by atoms with van der Waals surface area (Å²) in [5.74, 6) is -3.30. The fraction of sp³-hybridized carbons (Fsp3) is 0.150. The van der Waals surface area contributed by atoms with Crippen molar-refractivity contribution >= 4 is 5.78 Å². The number of hydrogen-bond donors (Lipinski definition) is 0. The number of rotatable bonds is 5. The first-order valence-corrected chi connectivity index (χ1v) is 7.40. The second-order valence-electron chi connectivity index (χ2n) is 5.36. The third-order valence-corrected chi connectivity index (χ3v) is 3.99. The van der Waals surface area contributed by atoms with E-state index in [9.17, 15) is 25.8 Å². The van der Waals surface area contributed by atoms with E-state index < -0.39 is 23.0 Å². The highest BCUT2D eigenvalue weighted by Crippen LogP contribution is 2.43. The van der Waals surface area contributed by atoms with Crippen LogP contribution in [0.1, 0.15) is 21.8 Å². The molecule has 0 N–H and O–H groups in total. The zero-order chi connectivity index (χ0) is 18.3. The smallest absolute Gasteiger partial charge is 0.186 e. The number of carbonyl (C=O) groups excluding carboxylic acids is 1. The molecule has 2 aromatic rings. The monoisotopic (exact) mass is 324 g/mol. The van der Waals surface area contributed by atoms with Crippen LogP contribution in [-0.2, 0) is 0 Å². The molecular formula is C20H12N4O. The molecule has 0 radical (unpaired) electrons. The minimum atomic E-state index is -2.11. The lowest BCUT2D eigenvalue weighted by Crippen LogP contribution is -2.37. The SMILES string of the molecule is N#CC(C#N)C(C#N)(C#N)C(C(=O)c1ccccc1)c1ccccc1. The lowest BCUT2D eigenvalue weighted by molar-refractivity contribution is 0.0913. The van der Waals surface area contributed by atoms with Crippen LogP contribution in [0.2, 0.25) is 0 Å². The molecule has 0 aliphatic heterocycles. The van der Waals surface area contributed by atoms with Gasteiger partial charge in [-0.1, -0.05) is 60.7 Å². The van der Waals surface area contributed by atoms with Crippen LogP contribution in [0.3, 0.4) is 0 Å². The molecule has 1 unspecified atom stereocenters. The molecule has 0 saturated heterocycles. The Labute approximate surface area is 145 Å². The maximum atomic E-state index is 13.1. The van der Waals surface area contributed by atoms with Gasteiger partial charge in [-0.3, -0.25) is 4.79 Å². The van der Waals surface area contributed by atoms with Crippen LogP contribution in [-0.4, -0.2) is 5.78 Å². The Morgan fingerprint density at radius 1 is 0.800 bits per heavy atom. The first-order valence-electron chi connectivity index (χ1n) is 7.40. The van der Waals surface area contributed by atoms with Crippen molar-refractivity contribution in [3.05, 3.63) is 71.8 Å². The van der Waals surface area contributed by atoms with Gasteiger partial charge >= 0.3 is 0 Å². The molecule has 5 heteroatoms. The molecule has 0 aliphatic rings. The number of carbonyl (C=O) groups is 1. The van der Waals surface area contributed by atoms with Gasteiger partial charge in [-0.25, -0.2) is 0 Å². The summed E-state index contributed by atoms with van der Waals surface area (Å²) in [7, 11) is 0. The number of benzene rings is 2. The molecule has 0 fully saturated rings. The van der Waals surface area contributed by atoms with E-state index in [0.717, 1.165) is 0 Å². The molecule has 0 aliphatic carbocycles. The van der Waals surface area contributed by atoms with Crippen molar-refractivity contribution in [1.82, 2.24) is 0 Å². The number of Topliss-reactive ketones (excluding diaryl/α,β-unsaturated/α-hetero) is 1. The molecule has 0 heterocycles. The molecule has 1 atom stereocenters. The van der Waals surface area contributed by atoms with Gasteiger partial charge in [0.15, 0.2) is 17.1 Å². The van der Waals surface area contributed by atoms with Crippen LogP contribution in [0.15, 0.2) is 60.7 Å². The first kappa shape index (κ1) is 17.4. The van der Waals surface area contributed by atoms with Crippen molar-refractivity contribution in [1.29, 1.82) is 21.0 Å². The predicted molar refractivity (Wildman–Crippen MR) is 88.3 cm³/mol. The van der Waals surface area contributed by atoms with Gasteiger partial charge < -0.3 is 0 Å². The quantitative estimate of drug-likeness (QED) is 0.783. The summed E-state index contributed by atoms with van der Waals surface area (Å²) in [5.41, 5.74) is -1.39. The largest absolute Gasteiger partial charge is 0.293 e. The van der Waals surface area contributed by atoms with Crippen molar-refractivity contribution in [2.75, 3.05) is 0 Å². The van der Waals surface area contributed by atoms with Gasteiger partial charge in [-0.2, -0.15) is 21.0 Å². The van der Waals surface area contributed by atoms with Gasteiger partial charge in [0, 0.05) is 5.56 Å². The third kappa shape index (κ3) is 3.09. The molecule has 0 bridgehead atoms. The van der Waals surface area contributed by atoms with Crippen LogP contribution >= 0.6 is 0 Å². The first-order chi connectivity index (χ1) is 12.1. The molecule has 0 spiro atoms. The van der Waals surface area contributed by atoms with Crippen LogP contribution in [0.5, 0.6) is 0 Å². The van der Waals surface area contributed by atoms with Gasteiger partial charge in [0.2, 0.25) is 0 Å². The summed E-state index contributed by atoms with van der Waals surface area (Å²) < 4.78 is 0. The van der Waals surface area contributed by atoms with Gasteiger partial charge in [-0.15, -0.1) is 0 Å². The third-order valence-electron chi connectivity index (χ3n) is 3.99. The Kier molecular flexibility index (Phi) is 5.27. The standard InChI is InChI=1S/C20H12N4O/c21-11-17(12-22)20(13-23,14-24)18(15-7-3-1-4-8-15)19(25)16-9-5-2-6-10-16/h1-10,17-18H. The van der Waals surface area contributed by atoms with Crippen molar-refractivity contribution in [3.8, 4) is 24.3 Å². The molecule has 0 amide bonds. The van der Waals surface area contributed by atoms with Crippen LogP contribution < -0.4 is 0 Å². The number of nitriles is 4. The zero-order valence-corrected chi connectivity index (χ0v) is 13.1. The van der Waals surface area contributed by atoms with E-state index in [0.29, 0.717) is 11.1 Å². The van der Waals surface area contributed by atoms with Crippen LogP contribution in [0.4, 0.5) is 0 Å². The number of hydrogen-bond acceptors (Lipinski definition) is 5. The van der Waals surface area contributed by atoms with Crippen molar-refractivity contribution in [2.45, 2.75) is 5.92 Å². The van der Waals surface area contributed by atoms with E-state index in [2.05, 4.69) is 0 Å². The summed E-state index contributed by atoms with van der Waals surface area (Å²) in [6.45, 7) is 0. The summed E-state index contributed by atoms with van der Waals surface area (Å²) >= 11 is 0. The molecule has 5 nitrogen and oxygen atoms in total. The van der Waals surface area contributed by atoms with E-state index in [1.807, 2.05) is 0 Å².